The third-order valence-corrected chi connectivity index (χ3v) is 6.17. The number of allylic oxidation sites excluding steroid dienone is 1. The molecule has 2 aromatic rings. The van der Waals surface area contributed by atoms with Crippen LogP contribution in [0.2, 0.25) is 0 Å². The molecule has 1 fully saturated rings. The summed E-state index contributed by atoms with van der Waals surface area (Å²) in [5.74, 6) is -0.423. The Labute approximate surface area is 177 Å². The van der Waals surface area contributed by atoms with Crippen LogP contribution >= 0.6 is 23.1 Å². The molecule has 1 unspecified atom stereocenters. The largest absolute Gasteiger partial charge is 0.344 e. The fourth-order valence-corrected chi connectivity index (χ4v) is 4.19. The summed E-state index contributed by atoms with van der Waals surface area (Å²) in [5, 5.41) is 14.3. The minimum Gasteiger partial charge on any atom is -0.344 e. The molecule has 1 aromatic heterocycles. The lowest BCUT2D eigenvalue weighted by atomic mass is 10.1. The Hall–Kier alpha value is -2.49. The van der Waals surface area contributed by atoms with Gasteiger partial charge in [0.25, 0.3) is 11.8 Å². The van der Waals surface area contributed by atoms with Crippen molar-refractivity contribution in [2.45, 2.75) is 25.8 Å². The van der Waals surface area contributed by atoms with E-state index < -0.39 is 5.91 Å². The SMILES string of the molecule is CS/C(=C(\N=Cc1nccs1)C(=O)NC(C)c1ccc(C(=O)NO)cc1)C1CC1. The van der Waals surface area contributed by atoms with E-state index in [1.807, 2.05) is 18.6 Å². The van der Waals surface area contributed by atoms with E-state index >= 15 is 0 Å². The molecule has 1 aromatic carbocycles. The van der Waals surface area contributed by atoms with Gasteiger partial charge in [-0.15, -0.1) is 23.1 Å². The summed E-state index contributed by atoms with van der Waals surface area (Å²) in [6.07, 6.45) is 7.45. The number of benzene rings is 1. The van der Waals surface area contributed by atoms with E-state index in [9.17, 15) is 9.59 Å². The highest BCUT2D eigenvalue weighted by molar-refractivity contribution is 8.02. The van der Waals surface area contributed by atoms with Gasteiger partial charge in [-0.05, 0) is 49.6 Å². The predicted molar refractivity (Wildman–Crippen MR) is 115 cm³/mol. The summed E-state index contributed by atoms with van der Waals surface area (Å²) in [6.45, 7) is 1.87. The molecule has 1 heterocycles. The van der Waals surface area contributed by atoms with Crippen molar-refractivity contribution in [3.05, 3.63) is 62.6 Å². The van der Waals surface area contributed by atoms with E-state index in [0.29, 0.717) is 17.2 Å². The van der Waals surface area contributed by atoms with Gasteiger partial charge in [0.15, 0.2) is 0 Å². The van der Waals surface area contributed by atoms with Crippen LogP contribution in [0.4, 0.5) is 0 Å². The van der Waals surface area contributed by atoms with Crippen LogP contribution in [-0.2, 0) is 4.79 Å². The van der Waals surface area contributed by atoms with Crippen LogP contribution in [0.5, 0.6) is 0 Å². The molecule has 2 amide bonds. The van der Waals surface area contributed by atoms with Crippen LogP contribution in [0.25, 0.3) is 0 Å². The minimum atomic E-state index is -0.580. The third-order valence-electron chi connectivity index (χ3n) is 4.49. The highest BCUT2D eigenvalue weighted by Crippen LogP contribution is 2.43. The summed E-state index contributed by atoms with van der Waals surface area (Å²) in [5.41, 5.74) is 3.21. The van der Waals surface area contributed by atoms with Gasteiger partial charge in [-0.2, -0.15) is 0 Å². The Kier molecular flexibility index (Phi) is 7.18. The Morgan fingerprint density at radius 2 is 2.07 bits per heavy atom. The van der Waals surface area contributed by atoms with Gasteiger partial charge >= 0.3 is 0 Å². The first-order valence-electron chi connectivity index (χ1n) is 9.10. The molecule has 1 atom stereocenters. The fraction of sp³-hybridized carbons (Fsp3) is 0.300. The summed E-state index contributed by atoms with van der Waals surface area (Å²) in [7, 11) is 0. The predicted octanol–water partition coefficient (Wildman–Crippen LogP) is 3.54. The molecule has 1 aliphatic rings. The second-order valence-corrected chi connectivity index (χ2v) is 8.35. The molecule has 0 saturated heterocycles. The monoisotopic (exact) mass is 430 g/mol. The normalized spacial score (nSPS) is 15.7. The molecule has 0 aliphatic heterocycles. The van der Waals surface area contributed by atoms with E-state index in [1.165, 1.54) is 11.3 Å². The lowest BCUT2D eigenvalue weighted by Gasteiger charge is -2.16. The quantitative estimate of drug-likeness (QED) is 0.257. The average molecular weight is 431 g/mol. The molecule has 0 spiro atoms. The average Bonchev–Trinajstić information content (AvgIpc) is 3.44. The smallest absolute Gasteiger partial charge is 0.274 e. The van der Waals surface area contributed by atoms with Gasteiger partial charge < -0.3 is 5.32 Å². The second-order valence-electron chi connectivity index (χ2n) is 6.58. The number of hydroxylamine groups is 1. The van der Waals surface area contributed by atoms with Crippen molar-refractivity contribution in [2.24, 2.45) is 10.9 Å². The van der Waals surface area contributed by atoms with Crippen molar-refractivity contribution in [3.8, 4) is 0 Å². The van der Waals surface area contributed by atoms with Crippen LogP contribution in [0.3, 0.4) is 0 Å². The van der Waals surface area contributed by atoms with Crippen molar-refractivity contribution in [1.82, 2.24) is 15.8 Å². The molecule has 3 N–H and O–H groups in total. The Bertz CT molecular complexity index is 920. The number of hydrogen-bond acceptors (Lipinski definition) is 7. The van der Waals surface area contributed by atoms with E-state index in [4.69, 9.17) is 5.21 Å². The molecule has 7 nitrogen and oxygen atoms in total. The molecule has 0 radical (unpaired) electrons. The number of thioether (sulfide) groups is 1. The number of carbonyl (C=O) groups is 2. The molecule has 1 aliphatic carbocycles. The summed E-state index contributed by atoms with van der Waals surface area (Å²) in [6, 6.07) is 6.40. The van der Waals surface area contributed by atoms with Crippen LogP contribution < -0.4 is 10.8 Å². The van der Waals surface area contributed by atoms with Crippen molar-refractivity contribution < 1.29 is 14.8 Å². The molecule has 9 heteroatoms. The first-order valence-corrected chi connectivity index (χ1v) is 11.2. The van der Waals surface area contributed by atoms with E-state index in [-0.39, 0.29) is 11.9 Å². The number of hydrogen-bond donors (Lipinski definition) is 3. The maximum atomic E-state index is 13.0. The summed E-state index contributed by atoms with van der Waals surface area (Å²) < 4.78 is 0. The Morgan fingerprint density at radius 3 is 2.62 bits per heavy atom. The van der Waals surface area contributed by atoms with E-state index in [0.717, 1.165) is 28.3 Å². The van der Waals surface area contributed by atoms with Gasteiger partial charge in [-0.3, -0.25) is 14.8 Å². The number of rotatable bonds is 8. The molecule has 152 valence electrons. The van der Waals surface area contributed by atoms with Gasteiger partial charge in [-0.25, -0.2) is 15.5 Å². The van der Waals surface area contributed by atoms with Crippen molar-refractivity contribution in [1.29, 1.82) is 0 Å². The molecule has 1 saturated carbocycles. The summed E-state index contributed by atoms with van der Waals surface area (Å²) >= 11 is 3.03. The number of nitrogens with one attached hydrogen (secondary N) is 2. The van der Waals surface area contributed by atoms with Gasteiger partial charge in [-0.1, -0.05) is 12.1 Å². The van der Waals surface area contributed by atoms with Gasteiger partial charge in [0, 0.05) is 22.0 Å². The maximum absolute atomic E-state index is 13.0. The third kappa shape index (κ3) is 5.53. The fourth-order valence-electron chi connectivity index (χ4n) is 2.79. The van der Waals surface area contributed by atoms with Gasteiger partial charge in [0.1, 0.15) is 10.7 Å². The lowest BCUT2D eigenvalue weighted by molar-refractivity contribution is -0.118. The zero-order valence-corrected chi connectivity index (χ0v) is 17.7. The summed E-state index contributed by atoms with van der Waals surface area (Å²) in [4.78, 5) is 34.1. The second kappa shape index (κ2) is 9.82. The Balaban J connectivity index is 1.78. The lowest BCUT2D eigenvalue weighted by Crippen LogP contribution is -2.28. The first-order chi connectivity index (χ1) is 14.0. The number of nitrogens with zero attached hydrogens (tertiary/aromatic N) is 2. The van der Waals surface area contributed by atoms with Gasteiger partial charge in [0.05, 0.1) is 12.3 Å². The highest BCUT2D eigenvalue weighted by atomic mass is 32.2. The van der Waals surface area contributed by atoms with Crippen LogP contribution in [0, 0.1) is 5.92 Å². The molecule has 0 bridgehead atoms. The number of amides is 2. The molecular formula is C20H22N4O3S2. The molecule has 29 heavy (non-hydrogen) atoms. The number of aliphatic imine (C=N–C) groups is 1. The van der Waals surface area contributed by atoms with E-state index in [1.54, 1.807) is 53.9 Å². The van der Waals surface area contributed by atoms with Gasteiger partial charge in [0.2, 0.25) is 0 Å². The topological polar surface area (TPSA) is 104 Å². The zero-order valence-electron chi connectivity index (χ0n) is 16.1. The van der Waals surface area contributed by atoms with Crippen molar-refractivity contribution >= 4 is 41.1 Å². The number of carbonyl (C=O) groups excluding carboxylic acids is 2. The zero-order chi connectivity index (χ0) is 20.8. The standard InChI is InChI=1S/C20H22N4O3S2/c1-12(13-3-7-15(8-4-13)19(25)24-27)23-20(26)17(18(28-2)14-5-6-14)22-11-16-21-9-10-29-16/h3-4,7-12,14,27H,5-6H2,1-2H3,(H,23,26)(H,24,25)/b18-17-,22-11?. The highest BCUT2D eigenvalue weighted by Gasteiger charge is 2.30. The number of thiazole rings is 1. The molecular weight excluding hydrogens is 408 g/mol. The Morgan fingerprint density at radius 1 is 1.34 bits per heavy atom. The van der Waals surface area contributed by atoms with Crippen LogP contribution in [0.1, 0.15) is 46.7 Å². The van der Waals surface area contributed by atoms with Crippen molar-refractivity contribution in [2.75, 3.05) is 6.26 Å². The van der Waals surface area contributed by atoms with Crippen LogP contribution in [0.15, 0.2) is 51.4 Å². The first kappa shape index (κ1) is 21.2. The minimum absolute atomic E-state index is 0.237. The maximum Gasteiger partial charge on any atom is 0.274 e. The van der Waals surface area contributed by atoms with Crippen LogP contribution in [-0.4, -0.2) is 34.5 Å². The van der Waals surface area contributed by atoms with Crippen molar-refractivity contribution in [3.63, 3.8) is 0 Å². The molecule has 3 rings (SSSR count). The van der Waals surface area contributed by atoms with E-state index in [2.05, 4.69) is 15.3 Å². The number of aromatic nitrogens is 1.